The highest BCUT2D eigenvalue weighted by Crippen LogP contribution is 2.19. The lowest BCUT2D eigenvalue weighted by Gasteiger charge is -2.11. The Morgan fingerprint density at radius 1 is 1.28 bits per heavy atom. The van der Waals surface area contributed by atoms with Gasteiger partial charge in [0, 0.05) is 30.2 Å². The Morgan fingerprint density at radius 3 is 2.68 bits per heavy atom. The lowest BCUT2D eigenvalue weighted by Crippen LogP contribution is -2.35. The molecule has 25 heavy (non-hydrogen) atoms. The third kappa shape index (κ3) is 4.44. The molecule has 1 fully saturated rings. The highest BCUT2D eigenvalue weighted by molar-refractivity contribution is 7.91. The molecule has 2 heterocycles. The van der Waals surface area contributed by atoms with Crippen LogP contribution in [0.3, 0.4) is 0 Å². The van der Waals surface area contributed by atoms with Crippen molar-refractivity contribution in [1.29, 1.82) is 0 Å². The van der Waals surface area contributed by atoms with E-state index in [1.807, 2.05) is 18.2 Å². The standard InChI is InChI=1S/C16H18N4O4S/c1-24-14-4-2-3-12(7-14)20-16-17-8-11(9-18-16)15(21)19-13-5-6-25(22,23)10-13/h2-4,7-9,13H,5-6,10H2,1H3,(H,19,21)(H,17,18,20). The maximum atomic E-state index is 12.1. The summed E-state index contributed by atoms with van der Waals surface area (Å²) in [6, 6.07) is 6.94. The zero-order valence-electron chi connectivity index (χ0n) is 13.6. The van der Waals surface area contributed by atoms with Crippen molar-refractivity contribution < 1.29 is 17.9 Å². The summed E-state index contributed by atoms with van der Waals surface area (Å²) in [5.74, 6) is 0.753. The van der Waals surface area contributed by atoms with Crippen LogP contribution >= 0.6 is 0 Å². The van der Waals surface area contributed by atoms with E-state index in [2.05, 4.69) is 20.6 Å². The number of sulfone groups is 1. The van der Waals surface area contributed by atoms with Crippen LogP contribution in [0.2, 0.25) is 0 Å². The minimum absolute atomic E-state index is 0.0188. The van der Waals surface area contributed by atoms with Gasteiger partial charge >= 0.3 is 0 Å². The molecule has 1 aliphatic rings. The van der Waals surface area contributed by atoms with E-state index in [-0.39, 0.29) is 29.0 Å². The van der Waals surface area contributed by atoms with Gasteiger partial charge in [-0.05, 0) is 18.6 Å². The number of anilines is 2. The van der Waals surface area contributed by atoms with Crippen LogP contribution in [-0.2, 0) is 9.84 Å². The molecule has 0 bridgehead atoms. The number of nitrogens with one attached hydrogen (secondary N) is 2. The first kappa shape index (κ1) is 17.2. The molecule has 2 N–H and O–H groups in total. The van der Waals surface area contributed by atoms with Crippen molar-refractivity contribution in [3.05, 3.63) is 42.2 Å². The van der Waals surface area contributed by atoms with Crippen molar-refractivity contribution in [3.63, 3.8) is 0 Å². The van der Waals surface area contributed by atoms with Gasteiger partial charge in [-0.3, -0.25) is 4.79 Å². The van der Waals surface area contributed by atoms with Crippen LogP contribution in [0.15, 0.2) is 36.7 Å². The third-order valence-electron chi connectivity index (χ3n) is 3.81. The maximum Gasteiger partial charge on any atom is 0.254 e. The summed E-state index contributed by atoms with van der Waals surface area (Å²) in [5, 5.41) is 5.72. The number of hydrogen-bond donors (Lipinski definition) is 2. The van der Waals surface area contributed by atoms with Crippen molar-refractivity contribution in [2.75, 3.05) is 23.9 Å². The van der Waals surface area contributed by atoms with Crippen LogP contribution in [-0.4, -0.2) is 49.0 Å². The van der Waals surface area contributed by atoms with Crippen LogP contribution in [0.25, 0.3) is 0 Å². The molecule has 1 saturated heterocycles. The van der Waals surface area contributed by atoms with Gasteiger partial charge in [0.05, 0.1) is 24.2 Å². The monoisotopic (exact) mass is 362 g/mol. The summed E-state index contributed by atoms with van der Waals surface area (Å²) < 4.78 is 28.0. The van der Waals surface area contributed by atoms with Crippen molar-refractivity contribution in [2.45, 2.75) is 12.5 Å². The summed E-state index contributed by atoms with van der Waals surface area (Å²) in [4.78, 5) is 20.4. The lowest BCUT2D eigenvalue weighted by atomic mass is 10.2. The summed E-state index contributed by atoms with van der Waals surface area (Å²) in [6.07, 6.45) is 3.23. The number of hydrogen-bond acceptors (Lipinski definition) is 7. The number of carbonyl (C=O) groups is 1. The molecule has 2 aromatic rings. The lowest BCUT2D eigenvalue weighted by molar-refractivity contribution is 0.0940. The second-order valence-electron chi connectivity index (χ2n) is 5.73. The molecule has 0 radical (unpaired) electrons. The fraction of sp³-hybridized carbons (Fsp3) is 0.312. The molecule has 1 unspecified atom stereocenters. The molecule has 0 saturated carbocycles. The highest BCUT2D eigenvalue weighted by Gasteiger charge is 2.29. The first-order valence-electron chi connectivity index (χ1n) is 7.69. The molecular weight excluding hydrogens is 344 g/mol. The van der Waals surface area contributed by atoms with Gasteiger partial charge in [0.25, 0.3) is 5.91 Å². The van der Waals surface area contributed by atoms with Crippen LogP contribution in [0.1, 0.15) is 16.8 Å². The van der Waals surface area contributed by atoms with Crippen LogP contribution < -0.4 is 15.4 Å². The van der Waals surface area contributed by atoms with E-state index >= 15 is 0 Å². The van der Waals surface area contributed by atoms with Gasteiger partial charge in [-0.2, -0.15) is 0 Å². The van der Waals surface area contributed by atoms with E-state index in [1.54, 1.807) is 13.2 Å². The zero-order valence-corrected chi connectivity index (χ0v) is 14.4. The van der Waals surface area contributed by atoms with E-state index in [1.165, 1.54) is 12.4 Å². The molecule has 0 aliphatic carbocycles. The molecule has 1 amide bonds. The van der Waals surface area contributed by atoms with E-state index in [0.29, 0.717) is 18.1 Å². The molecule has 0 spiro atoms. The van der Waals surface area contributed by atoms with Gasteiger partial charge in [0.1, 0.15) is 5.75 Å². The first-order chi connectivity index (χ1) is 11.9. The van der Waals surface area contributed by atoms with Gasteiger partial charge in [0.2, 0.25) is 5.95 Å². The molecular formula is C16H18N4O4S. The van der Waals surface area contributed by atoms with Gasteiger partial charge in [0.15, 0.2) is 9.84 Å². The SMILES string of the molecule is COc1cccc(Nc2ncc(C(=O)NC3CCS(=O)(=O)C3)cn2)c1. The highest BCUT2D eigenvalue weighted by atomic mass is 32.2. The van der Waals surface area contributed by atoms with Crippen molar-refractivity contribution >= 4 is 27.4 Å². The molecule has 3 rings (SSSR count). The Kier molecular flexibility index (Phi) is 4.84. The fourth-order valence-electron chi connectivity index (χ4n) is 2.52. The maximum absolute atomic E-state index is 12.1. The van der Waals surface area contributed by atoms with Gasteiger partial charge in [-0.25, -0.2) is 18.4 Å². The second-order valence-corrected chi connectivity index (χ2v) is 7.95. The van der Waals surface area contributed by atoms with Gasteiger partial charge in [-0.15, -0.1) is 0 Å². The predicted octanol–water partition coefficient (Wildman–Crippen LogP) is 1.15. The van der Waals surface area contributed by atoms with E-state index in [4.69, 9.17) is 4.74 Å². The molecule has 1 aliphatic heterocycles. The Labute approximate surface area is 145 Å². The molecule has 8 nitrogen and oxygen atoms in total. The summed E-state index contributed by atoms with van der Waals surface area (Å²) >= 11 is 0. The number of amides is 1. The quantitative estimate of drug-likeness (QED) is 0.821. The zero-order chi connectivity index (χ0) is 17.9. The number of aromatic nitrogens is 2. The molecule has 1 atom stereocenters. The third-order valence-corrected chi connectivity index (χ3v) is 5.58. The second kappa shape index (κ2) is 7.06. The van der Waals surface area contributed by atoms with Gasteiger partial charge < -0.3 is 15.4 Å². The number of benzene rings is 1. The van der Waals surface area contributed by atoms with Crippen LogP contribution in [0, 0.1) is 0 Å². The molecule has 132 valence electrons. The fourth-order valence-corrected chi connectivity index (χ4v) is 4.19. The minimum atomic E-state index is -3.04. The average molecular weight is 362 g/mol. The average Bonchev–Trinajstić information content (AvgIpc) is 2.94. The first-order valence-corrected chi connectivity index (χ1v) is 9.52. The Hall–Kier alpha value is -2.68. The van der Waals surface area contributed by atoms with Crippen LogP contribution in [0.5, 0.6) is 5.75 Å². The minimum Gasteiger partial charge on any atom is -0.497 e. The summed E-state index contributed by atoms with van der Waals surface area (Å²) in [6.45, 7) is 0. The molecule has 1 aromatic carbocycles. The molecule has 9 heteroatoms. The largest absolute Gasteiger partial charge is 0.497 e. The normalized spacial score (nSPS) is 18.5. The smallest absolute Gasteiger partial charge is 0.254 e. The number of methoxy groups -OCH3 is 1. The predicted molar refractivity (Wildman–Crippen MR) is 92.8 cm³/mol. The van der Waals surface area contributed by atoms with E-state index in [0.717, 1.165) is 5.69 Å². The van der Waals surface area contributed by atoms with Crippen LogP contribution in [0.4, 0.5) is 11.6 Å². The van der Waals surface area contributed by atoms with E-state index in [9.17, 15) is 13.2 Å². The number of rotatable bonds is 5. The Morgan fingerprint density at radius 2 is 2.04 bits per heavy atom. The topological polar surface area (TPSA) is 110 Å². The van der Waals surface area contributed by atoms with Gasteiger partial charge in [-0.1, -0.05) is 6.07 Å². The van der Waals surface area contributed by atoms with Crippen molar-refractivity contribution in [2.24, 2.45) is 0 Å². The summed E-state index contributed by atoms with van der Waals surface area (Å²) in [5.41, 5.74) is 1.04. The number of ether oxygens (including phenoxy) is 1. The van der Waals surface area contributed by atoms with Crippen molar-refractivity contribution in [1.82, 2.24) is 15.3 Å². The Bertz CT molecular complexity index is 868. The molecule has 1 aromatic heterocycles. The number of carbonyl (C=O) groups excluding carboxylic acids is 1. The Balaban J connectivity index is 1.62. The van der Waals surface area contributed by atoms with E-state index < -0.39 is 9.84 Å². The summed E-state index contributed by atoms with van der Waals surface area (Å²) in [7, 11) is -1.45. The number of nitrogens with zero attached hydrogens (tertiary/aromatic N) is 2. The van der Waals surface area contributed by atoms with Crippen molar-refractivity contribution in [3.8, 4) is 5.75 Å².